The van der Waals surface area contributed by atoms with Gasteiger partial charge in [-0.2, -0.15) is 0 Å². The highest BCUT2D eigenvalue weighted by atomic mass is 16.6. The number of carbonyl (C=O) groups excluding carboxylic acids is 2. The molecular formula is C16H28N2O4. The maximum atomic E-state index is 12.5. The van der Waals surface area contributed by atoms with E-state index in [-0.39, 0.29) is 36.9 Å². The van der Waals surface area contributed by atoms with Gasteiger partial charge in [0.25, 0.3) is 0 Å². The van der Waals surface area contributed by atoms with Gasteiger partial charge < -0.3 is 9.84 Å². The molecule has 0 bridgehead atoms. The highest BCUT2D eigenvalue weighted by Gasteiger charge is 2.41. The molecule has 2 aliphatic rings. The Hall–Kier alpha value is -1.14. The molecule has 6 heteroatoms. The Morgan fingerprint density at radius 1 is 1.36 bits per heavy atom. The molecule has 0 aromatic heterocycles. The minimum absolute atomic E-state index is 0.0242. The topological polar surface area (TPSA) is 70.1 Å². The van der Waals surface area contributed by atoms with Crippen LogP contribution >= 0.6 is 0 Å². The first-order chi connectivity index (χ1) is 10.3. The summed E-state index contributed by atoms with van der Waals surface area (Å²) in [4.78, 5) is 27.6. The summed E-state index contributed by atoms with van der Waals surface area (Å²) in [7, 11) is 1.99. The van der Waals surface area contributed by atoms with Crippen LogP contribution in [0.3, 0.4) is 0 Å². The zero-order valence-corrected chi connectivity index (χ0v) is 14.0. The Morgan fingerprint density at radius 2 is 2.05 bits per heavy atom. The van der Waals surface area contributed by atoms with Crippen LogP contribution in [0.1, 0.15) is 46.5 Å². The molecule has 1 N–H and O–H groups in total. The number of cyclic esters (lactones) is 1. The second-order valence-electron chi connectivity index (χ2n) is 6.94. The van der Waals surface area contributed by atoms with E-state index in [9.17, 15) is 14.7 Å². The largest absolute Gasteiger partial charge is 0.447 e. The van der Waals surface area contributed by atoms with Gasteiger partial charge in [-0.05, 0) is 32.7 Å². The Bertz CT molecular complexity index is 426. The summed E-state index contributed by atoms with van der Waals surface area (Å²) in [5.74, 6) is -0.190. The molecule has 2 heterocycles. The minimum Gasteiger partial charge on any atom is -0.447 e. The first kappa shape index (κ1) is 17.2. The van der Waals surface area contributed by atoms with E-state index < -0.39 is 12.2 Å². The molecule has 22 heavy (non-hydrogen) atoms. The van der Waals surface area contributed by atoms with E-state index >= 15 is 0 Å². The van der Waals surface area contributed by atoms with Gasteiger partial charge in [0, 0.05) is 12.1 Å². The molecule has 4 atom stereocenters. The fourth-order valence-corrected chi connectivity index (χ4v) is 3.45. The lowest BCUT2D eigenvalue weighted by Gasteiger charge is -2.40. The van der Waals surface area contributed by atoms with Crippen molar-refractivity contribution in [1.29, 1.82) is 0 Å². The van der Waals surface area contributed by atoms with Gasteiger partial charge in [0.05, 0.1) is 18.6 Å². The SMILES string of the molecule is CC(C)[C@H]1COC(=O)N1C(=O)C[C@H](O)[C@H]1CCC[C@H](C)N1C. The number of likely N-dealkylation sites (tertiary alicyclic amines) is 1. The molecule has 126 valence electrons. The van der Waals surface area contributed by atoms with Crippen molar-refractivity contribution < 1.29 is 19.4 Å². The number of aliphatic hydroxyl groups excluding tert-OH is 1. The number of likely N-dealkylation sites (N-methyl/N-ethyl adjacent to an activating group) is 1. The predicted molar refractivity (Wildman–Crippen MR) is 82.3 cm³/mol. The van der Waals surface area contributed by atoms with Gasteiger partial charge in [-0.1, -0.05) is 20.3 Å². The van der Waals surface area contributed by atoms with Crippen LogP contribution in [-0.2, 0) is 9.53 Å². The van der Waals surface area contributed by atoms with Gasteiger partial charge in [0.15, 0.2) is 0 Å². The summed E-state index contributed by atoms with van der Waals surface area (Å²) in [6, 6.07) is 0.155. The zero-order valence-electron chi connectivity index (χ0n) is 14.0. The van der Waals surface area contributed by atoms with Gasteiger partial charge in [-0.15, -0.1) is 0 Å². The third-order valence-corrected chi connectivity index (χ3v) is 5.11. The normalized spacial score (nSPS) is 31.5. The number of nitrogens with zero attached hydrogens (tertiary/aromatic N) is 2. The van der Waals surface area contributed by atoms with Crippen molar-refractivity contribution in [2.24, 2.45) is 5.92 Å². The molecule has 0 spiro atoms. The van der Waals surface area contributed by atoms with Crippen LogP contribution in [0.2, 0.25) is 0 Å². The quantitative estimate of drug-likeness (QED) is 0.854. The van der Waals surface area contributed by atoms with Crippen LogP contribution in [0.15, 0.2) is 0 Å². The van der Waals surface area contributed by atoms with Crippen molar-refractivity contribution in [3.8, 4) is 0 Å². The average Bonchev–Trinajstić information content (AvgIpc) is 2.83. The Kier molecular flexibility index (Phi) is 5.45. The number of rotatable bonds is 4. The van der Waals surface area contributed by atoms with Gasteiger partial charge in [-0.3, -0.25) is 9.69 Å². The van der Waals surface area contributed by atoms with Crippen LogP contribution in [0.4, 0.5) is 4.79 Å². The molecule has 2 aliphatic heterocycles. The van der Waals surface area contributed by atoms with Crippen LogP contribution < -0.4 is 0 Å². The van der Waals surface area contributed by atoms with E-state index in [0.29, 0.717) is 6.04 Å². The number of imide groups is 1. The monoisotopic (exact) mass is 312 g/mol. The van der Waals surface area contributed by atoms with E-state index in [1.54, 1.807) is 0 Å². The lowest BCUT2D eigenvalue weighted by molar-refractivity contribution is -0.133. The van der Waals surface area contributed by atoms with Crippen molar-refractivity contribution in [1.82, 2.24) is 9.80 Å². The molecule has 0 aromatic carbocycles. The Balaban J connectivity index is 2.00. The maximum absolute atomic E-state index is 12.5. The smallest absolute Gasteiger partial charge is 0.416 e. The van der Waals surface area contributed by atoms with Gasteiger partial charge in [0.2, 0.25) is 5.91 Å². The van der Waals surface area contributed by atoms with E-state index in [2.05, 4.69) is 11.8 Å². The van der Waals surface area contributed by atoms with Crippen molar-refractivity contribution >= 4 is 12.0 Å². The van der Waals surface area contributed by atoms with Crippen LogP contribution in [0.25, 0.3) is 0 Å². The number of carbonyl (C=O) groups is 2. The molecule has 2 saturated heterocycles. The number of ether oxygens (including phenoxy) is 1. The standard InChI is InChI=1S/C16H28N2O4/c1-10(2)13-9-22-16(21)18(13)15(20)8-14(19)12-7-5-6-11(3)17(12)4/h10-14,19H,5-9H2,1-4H3/t11-,12+,13+,14-/m0/s1. The second-order valence-corrected chi connectivity index (χ2v) is 6.94. The third-order valence-electron chi connectivity index (χ3n) is 5.11. The molecule has 2 fully saturated rings. The molecule has 0 aromatic rings. The van der Waals surface area contributed by atoms with Crippen molar-refractivity contribution in [3.05, 3.63) is 0 Å². The van der Waals surface area contributed by atoms with Crippen molar-refractivity contribution in [3.63, 3.8) is 0 Å². The first-order valence-corrected chi connectivity index (χ1v) is 8.21. The number of piperidine rings is 1. The fraction of sp³-hybridized carbons (Fsp3) is 0.875. The molecular weight excluding hydrogens is 284 g/mol. The van der Waals surface area contributed by atoms with Gasteiger partial charge in [-0.25, -0.2) is 9.69 Å². The Labute approximate surface area is 132 Å². The molecule has 2 rings (SSSR count). The van der Waals surface area contributed by atoms with E-state index in [1.807, 2.05) is 20.9 Å². The number of hydrogen-bond donors (Lipinski definition) is 1. The number of aliphatic hydroxyl groups is 1. The molecule has 6 nitrogen and oxygen atoms in total. The molecule has 0 saturated carbocycles. The van der Waals surface area contributed by atoms with Crippen LogP contribution in [0.5, 0.6) is 0 Å². The number of hydrogen-bond acceptors (Lipinski definition) is 5. The average molecular weight is 312 g/mol. The lowest BCUT2D eigenvalue weighted by Crippen LogP contribution is -2.51. The van der Waals surface area contributed by atoms with Crippen molar-refractivity contribution in [2.45, 2.75) is 70.7 Å². The fourth-order valence-electron chi connectivity index (χ4n) is 3.45. The first-order valence-electron chi connectivity index (χ1n) is 8.21. The zero-order chi connectivity index (χ0) is 16.4. The highest BCUT2D eigenvalue weighted by Crippen LogP contribution is 2.26. The van der Waals surface area contributed by atoms with Gasteiger partial charge >= 0.3 is 6.09 Å². The number of amides is 2. The highest BCUT2D eigenvalue weighted by molar-refractivity contribution is 5.93. The predicted octanol–water partition coefficient (Wildman–Crippen LogP) is 1.61. The summed E-state index contributed by atoms with van der Waals surface area (Å²) < 4.78 is 5.00. The summed E-state index contributed by atoms with van der Waals surface area (Å²) in [5.41, 5.74) is 0. The summed E-state index contributed by atoms with van der Waals surface area (Å²) in [5, 5.41) is 10.5. The summed E-state index contributed by atoms with van der Waals surface area (Å²) in [6.45, 7) is 6.30. The lowest BCUT2D eigenvalue weighted by atomic mass is 9.92. The van der Waals surface area contributed by atoms with Crippen molar-refractivity contribution in [2.75, 3.05) is 13.7 Å². The summed E-state index contributed by atoms with van der Waals surface area (Å²) in [6.07, 6.45) is 1.69. The molecule has 0 unspecified atom stereocenters. The van der Waals surface area contributed by atoms with Gasteiger partial charge in [0.1, 0.15) is 6.61 Å². The van der Waals surface area contributed by atoms with E-state index in [0.717, 1.165) is 19.3 Å². The molecule has 0 radical (unpaired) electrons. The van der Waals surface area contributed by atoms with E-state index in [1.165, 1.54) is 4.90 Å². The second kappa shape index (κ2) is 6.96. The molecule has 2 amide bonds. The minimum atomic E-state index is -0.749. The van der Waals surface area contributed by atoms with E-state index in [4.69, 9.17) is 4.74 Å². The third kappa shape index (κ3) is 3.43. The van der Waals surface area contributed by atoms with Crippen LogP contribution in [-0.4, -0.2) is 64.8 Å². The summed E-state index contributed by atoms with van der Waals surface area (Å²) >= 11 is 0. The Morgan fingerprint density at radius 3 is 2.68 bits per heavy atom. The molecule has 0 aliphatic carbocycles. The maximum Gasteiger partial charge on any atom is 0.416 e. The van der Waals surface area contributed by atoms with Crippen LogP contribution in [0, 0.1) is 5.92 Å².